The molecule has 1 aromatic heterocycles. The molecule has 1 heterocycles. The summed E-state index contributed by atoms with van der Waals surface area (Å²) in [4.78, 5) is 3.95. The predicted octanol–water partition coefficient (Wildman–Crippen LogP) is 3.12. The molecule has 0 bridgehead atoms. The van der Waals surface area contributed by atoms with Crippen LogP contribution in [0.1, 0.15) is 17.2 Å². The van der Waals surface area contributed by atoms with Crippen LogP contribution in [0.15, 0.2) is 53.3 Å². The highest BCUT2D eigenvalue weighted by Gasteiger charge is 2.08. The van der Waals surface area contributed by atoms with Crippen molar-refractivity contribution >= 4 is 15.9 Å². The average Bonchev–Trinajstić information content (AvgIpc) is 2.30. The summed E-state index contributed by atoms with van der Waals surface area (Å²) in [6.07, 6.45) is 3.62. The zero-order valence-corrected chi connectivity index (χ0v) is 10.3. The first-order chi connectivity index (χ1) is 7.75. The first kappa shape index (κ1) is 11.3. The molecule has 2 rings (SSSR count). The molecule has 0 aliphatic rings. The molecule has 0 spiro atoms. The normalized spacial score (nSPS) is 12.4. The fourth-order valence-corrected chi connectivity index (χ4v) is 1.99. The van der Waals surface area contributed by atoms with Crippen LogP contribution in [-0.4, -0.2) is 10.1 Å². The fraction of sp³-hybridized carbons (Fsp3) is 0.154. The van der Waals surface area contributed by atoms with Gasteiger partial charge in [0, 0.05) is 23.3 Å². The Hall–Kier alpha value is -1.19. The van der Waals surface area contributed by atoms with E-state index >= 15 is 0 Å². The number of rotatable bonds is 3. The molecular weight excluding hydrogens is 266 g/mol. The minimum Gasteiger partial charge on any atom is -0.388 e. The molecule has 1 N–H and O–H groups in total. The summed E-state index contributed by atoms with van der Waals surface area (Å²) in [6, 6.07) is 11.6. The molecule has 0 aliphatic carbocycles. The van der Waals surface area contributed by atoms with Gasteiger partial charge in [-0.15, -0.1) is 0 Å². The predicted molar refractivity (Wildman–Crippen MR) is 67.0 cm³/mol. The molecule has 2 nitrogen and oxygen atoms in total. The topological polar surface area (TPSA) is 33.1 Å². The van der Waals surface area contributed by atoms with Gasteiger partial charge in [0.2, 0.25) is 0 Å². The summed E-state index contributed by atoms with van der Waals surface area (Å²) in [5, 5.41) is 10.1. The van der Waals surface area contributed by atoms with Crippen molar-refractivity contribution in [1.29, 1.82) is 0 Å². The Morgan fingerprint density at radius 3 is 2.62 bits per heavy atom. The van der Waals surface area contributed by atoms with Gasteiger partial charge in [-0.3, -0.25) is 4.98 Å². The lowest BCUT2D eigenvalue weighted by molar-refractivity contribution is 0.178. The molecule has 1 atom stereocenters. The van der Waals surface area contributed by atoms with Crippen molar-refractivity contribution in [2.24, 2.45) is 0 Å². The third-order valence-electron chi connectivity index (χ3n) is 2.41. The molecule has 1 aromatic carbocycles. The van der Waals surface area contributed by atoms with Crippen LogP contribution in [-0.2, 0) is 6.42 Å². The number of aromatic nitrogens is 1. The van der Waals surface area contributed by atoms with Crippen molar-refractivity contribution in [3.05, 3.63) is 64.4 Å². The second-order valence-corrected chi connectivity index (χ2v) is 4.55. The smallest absolute Gasteiger partial charge is 0.0830 e. The molecule has 3 heteroatoms. The van der Waals surface area contributed by atoms with Gasteiger partial charge in [0.1, 0.15) is 0 Å². The molecule has 0 amide bonds. The monoisotopic (exact) mass is 277 g/mol. The third kappa shape index (κ3) is 2.90. The Bertz CT molecular complexity index is 458. The molecule has 0 saturated carbocycles. The van der Waals surface area contributed by atoms with Gasteiger partial charge < -0.3 is 5.11 Å². The number of hydrogen-bond acceptors (Lipinski definition) is 2. The Morgan fingerprint density at radius 1 is 1.19 bits per heavy atom. The largest absolute Gasteiger partial charge is 0.388 e. The lowest BCUT2D eigenvalue weighted by Gasteiger charge is -2.11. The van der Waals surface area contributed by atoms with E-state index < -0.39 is 6.10 Å². The van der Waals surface area contributed by atoms with E-state index in [1.165, 1.54) is 0 Å². The highest BCUT2D eigenvalue weighted by molar-refractivity contribution is 9.10. The Labute approximate surface area is 103 Å². The van der Waals surface area contributed by atoms with E-state index in [2.05, 4.69) is 20.9 Å². The summed E-state index contributed by atoms with van der Waals surface area (Å²) in [7, 11) is 0. The molecule has 0 saturated heterocycles. The third-order valence-corrected chi connectivity index (χ3v) is 2.91. The van der Waals surface area contributed by atoms with E-state index in [1.54, 1.807) is 12.4 Å². The average molecular weight is 278 g/mol. The maximum absolute atomic E-state index is 10.1. The van der Waals surface area contributed by atoms with Gasteiger partial charge >= 0.3 is 0 Å². The van der Waals surface area contributed by atoms with Gasteiger partial charge in [-0.25, -0.2) is 0 Å². The van der Waals surface area contributed by atoms with E-state index in [4.69, 9.17) is 0 Å². The van der Waals surface area contributed by atoms with Crippen molar-refractivity contribution < 1.29 is 5.11 Å². The Balaban J connectivity index is 2.12. The molecule has 16 heavy (non-hydrogen) atoms. The zero-order valence-electron chi connectivity index (χ0n) is 8.68. The number of hydrogen-bond donors (Lipinski definition) is 1. The molecule has 1 unspecified atom stereocenters. The standard InChI is InChI=1S/C13H12BrNO/c14-12-3-1-2-11(9-12)13(16)8-10-4-6-15-7-5-10/h1-7,9,13,16H,8H2. The number of pyridine rings is 1. The SMILES string of the molecule is OC(Cc1ccncc1)c1cccc(Br)c1. The number of halogens is 1. The van der Waals surface area contributed by atoms with Gasteiger partial charge in [0.15, 0.2) is 0 Å². The van der Waals surface area contributed by atoms with Crippen LogP contribution in [0, 0.1) is 0 Å². The molecule has 0 radical (unpaired) electrons. The van der Waals surface area contributed by atoms with Crippen LogP contribution in [0.4, 0.5) is 0 Å². The first-order valence-electron chi connectivity index (χ1n) is 5.08. The first-order valence-corrected chi connectivity index (χ1v) is 5.87. The van der Waals surface area contributed by atoms with E-state index in [0.29, 0.717) is 6.42 Å². The quantitative estimate of drug-likeness (QED) is 0.935. The Kier molecular flexibility index (Phi) is 3.70. The zero-order chi connectivity index (χ0) is 11.4. The van der Waals surface area contributed by atoms with Crippen LogP contribution in [0.5, 0.6) is 0 Å². The Morgan fingerprint density at radius 2 is 1.94 bits per heavy atom. The minimum atomic E-state index is -0.472. The summed E-state index contributed by atoms with van der Waals surface area (Å²) in [6.45, 7) is 0. The van der Waals surface area contributed by atoms with Crippen LogP contribution in [0.25, 0.3) is 0 Å². The lowest BCUT2D eigenvalue weighted by Crippen LogP contribution is -2.01. The van der Waals surface area contributed by atoms with Crippen molar-refractivity contribution in [2.45, 2.75) is 12.5 Å². The van der Waals surface area contributed by atoms with Crippen molar-refractivity contribution in [1.82, 2.24) is 4.98 Å². The molecular formula is C13H12BrNO. The molecule has 82 valence electrons. The second-order valence-electron chi connectivity index (χ2n) is 3.63. The van der Waals surface area contributed by atoms with Crippen molar-refractivity contribution in [2.75, 3.05) is 0 Å². The van der Waals surface area contributed by atoms with E-state index in [0.717, 1.165) is 15.6 Å². The summed E-state index contributed by atoms with van der Waals surface area (Å²) in [5.41, 5.74) is 2.01. The van der Waals surface area contributed by atoms with Crippen molar-refractivity contribution in [3.63, 3.8) is 0 Å². The van der Waals surface area contributed by atoms with Crippen LogP contribution >= 0.6 is 15.9 Å². The molecule has 0 fully saturated rings. The van der Waals surface area contributed by atoms with E-state index in [-0.39, 0.29) is 0 Å². The number of benzene rings is 1. The van der Waals surface area contributed by atoms with Crippen LogP contribution in [0.2, 0.25) is 0 Å². The van der Waals surface area contributed by atoms with E-state index in [1.807, 2.05) is 36.4 Å². The minimum absolute atomic E-state index is 0.472. The van der Waals surface area contributed by atoms with Gasteiger partial charge in [-0.1, -0.05) is 28.1 Å². The van der Waals surface area contributed by atoms with Crippen LogP contribution in [0.3, 0.4) is 0 Å². The van der Waals surface area contributed by atoms with Gasteiger partial charge in [-0.2, -0.15) is 0 Å². The summed E-state index contributed by atoms with van der Waals surface area (Å²) < 4.78 is 0.985. The molecule has 2 aromatic rings. The summed E-state index contributed by atoms with van der Waals surface area (Å²) >= 11 is 3.39. The maximum atomic E-state index is 10.1. The second kappa shape index (κ2) is 5.23. The lowest BCUT2D eigenvalue weighted by atomic mass is 10.0. The molecule has 0 aliphatic heterocycles. The summed E-state index contributed by atoms with van der Waals surface area (Å²) in [5.74, 6) is 0. The highest BCUT2D eigenvalue weighted by atomic mass is 79.9. The number of aliphatic hydroxyl groups excluding tert-OH is 1. The van der Waals surface area contributed by atoms with E-state index in [9.17, 15) is 5.11 Å². The van der Waals surface area contributed by atoms with Gasteiger partial charge in [0.25, 0.3) is 0 Å². The van der Waals surface area contributed by atoms with Gasteiger partial charge in [-0.05, 0) is 35.4 Å². The number of nitrogens with zero attached hydrogens (tertiary/aromatic N) is 1. The fourth-order valence-electron chi connectivity index (χ4n) is 1.57. The van der Waals surface area contributed by atoms with Crippen molar-refractivity contribution in [3.8, 4) is 0 Å². The van der Waals surface area contributed by atoms with Gasteiger partial charge in [0.05, 0.1) is 6.10 Å². The number of aliphatic hydroxyl groups is 1. The maximum Gasteiger partial charge on any atom is 0.0830 e. The van der Waals surface area contributed by atoms with Crippen LogP contribution < -0.4 is 0 Å². The highest BCUT2D eigenvalue weighted by Crippen LogP contribution is 2.21.